The lowest BCUT2D eigenvalue weighted by Crippen LogP contribution is -2.14. The highest BCUT2D eigenvalue weighted by Gasteiger charge is 2.15. The van der Waals surface area contributed by atoms with Gasteiger partial charge in [0.2, 0.25) is 5.78 Å². The van der Waals surface area contributed by atoms with Gasteiger partial charge in [0, 0.05) is 5.56 Å². The number of benzene rings is 2. The molecular formula is C19H15ClN2O3. The highest BCUT2D eigenvalue weighted by atomic mass is 35.5. The fourth-order valence-corrected chi connectivity index (χ4v) is 2.58. The second-order valence-corrected chi connectivity index (χ2v) is 5.98. The Morgan fingerprint density at radius 1 is 1.00 bits per heavy atom. The Hall–Kier alpha value is -2.79. The number of carbonyl (C=O) groups excluding carboxylic acids is 2. The Morgan fingerprint density at radius 2 is 1.68 bits per heavy atom. The van der Waals surface area contributed by atoms with Gasteiger partial charge in [0.05, 0.1) is 33.0 Å². The first-order valence-electron chi connectivity index (χ1n) is 7.65. The highest BCUT2D eigenvalue weighted by molar-refractivity contribution is 6.34. The van der Waals surface area contributed by atoms with E-state index in [0.29, 0.717) is 27.2 Å². The van der Waals surface area contributed by atoms with Crippen LogP contribution in [0.1, 0.15) is 32.1 Å². The Morgan fingerprint density at radius 3 is 2.40 bits per heavy atom. The molecular weight excluding hydrogens is 340 g/mol. The van der Waals surface area contributed by atoms with Gasteiger partial charge in [-0.3, -0.25) is 4.79 Å². The number of fused-ring (bicyclic) bond motifs is 1. The first-order valence-corrected chi connectivity index (χ1v) is 8.03. The topological polar surface area (TPSA) is 69.2 Å². The number of nitrogens with zero attached hydrogens (tertiary/aromatic N) is 2. The van der Waals surface area contributed by atoms with Crippen molar-refractivity contribution in [2.24, 2.45) is 0 Å². The molecule has 25 heavy (non-hydrogen) atoms. The number of hydrogen-bond acceptors (Lipinski definition) is 5. The average Bonchev–Trinajstić information content (AvgIpc) is 2.60. The molecule has 0 saturated heterocycles. The Labute approximate surface area is 149 Å². The third-order valence-corrected chi connectivity index (χ3v) is 4.15. The van der Waals surface area contributed by atoms with Crippen molar-refractivity contribution >= 4 is 34.4 Å². The molecule has 0 atom stereocenters. The van der Waals surface area contributed by atoms with E-state index in [1.54, 1.807) is 42.5 Å². The first-order chi connectivity index (χ1) is 12.0. The molecule has 126 valence electrons. The van der Waals surface area contributed by atoms with Crippen LogP contribution in [-0.4, -0.2) is 28.3 Å². The average molecular weight is 355 g/mol. The van der Waals surface area contributed by atoms with Crippen LogP contribution in [0.4, 0.5) is 0 Å². The van der Waals surface area contributed by atoms with E-state index in [1.165, 1.54) is 0 Å². The van der Waals surface area contributed by atoms with Gasteiger partial charge in [-0.1, -0.05) is 23.7 Å². The second kappa shape index (κ2) is 6.99. The van der Waals surface area contributed by atoms with Crippen LogP contribution in [0.5, 0.6) is 0 Å². The number of esters is 1. The van der Waals surface area contributed by atoms with Gasteiger partial charge in [-0.2, -0.15) is 0 Å². The number of rotatable bonds is 4. The number of halogens is 1. The van der Waals surface area contributed by atoms with Crippen molar-refractivity contribution in [1.29, 1.82) is 0 Å². The number of ether oxygens (including phenoxy) is 1. The number of aryl methyl sites for hydroxylation is 2. The zero-order chi connectivity index (χ0) is 18.0. The zero-order valence-electron chi connectivity index (χ0n) is 13.7. The van der Waals surface area contributed by atoms with Gasteiger partial charge in [0.25, 0.3) is 0 Å². The van der Waals surface area contributed by atoms with Crippen LogP contribution in [0.25, 0.3) is 11.0 Å². The summed E-state index contributed by atoms with van der Waals surface area (Å²) in [5.74, 6) is -0.951. The number of ketones is 1. The van der Waals surface area contributed by atoms with Crippen LogP contribution < -0.4 is 0 Å². The third-order valence-electron chi connectivity index (χ3n) is 3.82. The minimum atomic E-state index is -0.595. The monoisotopic (exact) mass is 354 g/mol. The van der Waals surface area contributed by atoms with Gasteiger partial charge in [0.15, 0.2) is 6.61 Å². The van der Waals surface area contributed by atoms with E-state index in [0.717, 1.165) is 11.4 Å². The van der Waals surface area contributed by atoms with E-state index in [1.807, 2.05) is 13.8 Å². The highest BCUT2D eigenvalue weighted by Crippen LogP contribution is 2.17. The molecule has 3 rings (SSSR count). The molecule has 0 spiro atoms. The van der Waals surface area contributed by atoms with E-state index >= 15 is 0 Å². The standard InChI is InChI=1S/C19H15ClN2O3/c1-11-12(2)22-17-9-13(7-8-16(17)21-11)19(24)25-10-18(23)14-5-3-4-6-15(14)20/h3-9H,10H2,1-2H3. The lowest BCUT2D eigenvalue weighted by molar-refractivity contribution is 0.0475. The summed E-state index contributed by atoms with van der Waals surface area (Å²) in [6.45, 7) is 3.36. The molecule has 5 nitrogen and oxygen atoms in total. The molecule has 2 aromatic carbocycles. The number of hydrogen-bond donors (Lipinski definition) is 0. The van der Waals surface area contributed by atoms with Crippen molar-refractivity contribution < 1.29 is 14.3 Å². The molecule has 0 aliphatic rings. The molecule has 0 radical (unpaired) electrons. The fraction of sp³-hybridized carbons (Fsp3) is 0.158. The lowest BCUT2D eigenvalue weighted by atomic mass is 10.1. The van der Waals surface area contributed by atoms with E-state index in [9.17, 15) is 9.59 Å². The molecule has 1 heterocycles. The van der Waals surface area contributed by atoms with Crippen LogP contribution in [0.3, 0.4) is 0 Å². The van der Waals surface area contributed by atoms with Crippen molar-refractivity contribution in [3.63, 3.8) is 0 Å². The largest absolute Gasteiger partial charge is 0.454 e. The molecule has 0 saturated carbocycles. The molecule has 0 aliphatic carbocycles. The summed E-state index contributed by atoms with van der Waals surface area (Å²) in [6, 6.07) is 11.6. The Bertz CT molecular complexity index is 986. The van der Waals surface area contributed by atoms with Crippen LogP contribution >= 0.6 is 11.6 Å². The summed E-state index contributed by atoms with van der Waals surface area (Å²) in [5.41, 5.74) is 3.59. The molecule has 3 aromatic rings. The van der Waals surface area contributed by atoms with Crippen molar-refractivity contribution in [1.82, 2.24) is 9.97 Å². The maximum absolute atomic E-state index is 12.2. The van der Waals surface area contributed by atoms with Crippen molar-refractivity contribution in [3.8, 4) is 0 Å². The van der Waals surface area contributed by atoms with Gasteiger partial charge >= 0.3 is 5.97 Å². The number of aromatic nitrogens is 2. The predicted octanol–water partition coefficient (Wildman–Crippen LogP) is 3.94. The summed E-state index contributed by atoms with van der Waals surface area (Å²) in [5, 5.41) is 0.329. The van der Waals surface area contributed by atoms with Crippen molar-refractivity contribution in [3.05, 3.63) is 70.0 Å². The van der Waals surface area contributed by atoms with Crippen LogP contribution in [0, 0.1) is 13.8 Å². The Kier molecular flexibility index (Phi) is 4.76. The fourth-order valence-electron chi connectivity index (χ4n) is 2.34. The summed E-state index contributed by atoms with van der Waals surface area (Å²) in [4.78, 5) is 33.2. The molecule has 0 amide bonds. The summed E-state index contributed by atoms with van der Waals surface area (Å²) >= 11 is 5.97. The van der Waals surface area contributed by atoms with E-state index in [-0.39, 0.29) is 12.4 Å². The third kappa shape index (κ3) is 3.67. The van der Waals surface area contributed by atoms with Crippen LogP contribution in [0.2, 0.25) is 5.02 Å². The second-order valence-electron chi connectivity index (χ2n) is 5.58. The molecule has 0 aliphatic heterocycles. The van der Waals surface area contributed by atoms with Crippen LogP contribution in [0.15, 0.2) is 42.5 Å². The van der Waals surface area contributed by atoms with Crippen LogP contribution in [-0.2, 0) is 4.74 Å². The molecule has 0 fully saturated rings. The van der Waals surface area contributed by atoms with E-state index in [4.69, 9.17) is 16.3 Å². The molecule has 1 aromatic heterocycles. The normalized spacial score (nSPS) is 10.7. The zero-order valence-corrected chi connectivity index (χ0v) is 14.5. The van der Waals surface area contributed by atoms with E-state index < -0.39 is 5.97 Å². The quantitative estimate of drug-likeness (QED) is 0.524. The SMILES string of the molecule is Cc1nc2ccc(C(=O)OCC(=O)c3ccccc3Cl)cc2nc1C. The molecule has 0 bridgehead atoms. The molecule has 6 heteroatoms. The Balaban J connectivity index is 1.75. The van der Waals surface area contributed by atoms with Gasteiger partial charge in [-0.25, -0.2) is 14.8 Å². The maximum atomic E-state index is 12.2. The number of Topliss-reactive ketones (excluding diaryl/α,β-unsaturated/α-hetero) is 1. The molecule has 0 unspecified atom stereocenters. The van der Waals surface area contributed by atoms with Gasteiger partial charge in [0.1, 0.15) is 0 Å². The summed E-state index contributed by atoms with van der Waals surface area (Å²) in [6.07, 6.45) is 0. The summed E-state index contributed by atoms with van der Waals surface area (Å²) < 4.78 is 5.11. The minimum absolute atomic E-state index is 0.317. The van der Waals surface area contributed by atoms with Gasteiger partial charge in [-0.05, 0) is 44.2 Å². The molecule has 0 N–H and O–H groups in total. The van der Waals surface area contributed by atoms with Gasteiger partial charge < -0.3 is 4.74 Å². The number of carbonyl (C=O) groups is 2. The minimum Gasteiger partial charge on any atom is -0.454 e. The predicted molar refractivity (Wildman–Crippen MR) is 95.1 cm³/mol. The summed E-state index contributed by atoms with van der Waals surface area (Å²) in [7, 11) is 0. The van der Waals surface area contributed by atoms with Gasteiger partial charge in [-0.15, -0.1) is 0 Å². The van der Waals surface area contributed by atoms with E-state index in [2.05, 4.69) is 9.97 Å². The van der Waals surface area contributed by atoms with Crippen molar-refractivity contribution in [2.45, 2.75) is 13.8 Å². The first kappa shape index (κ1) is 17.0. The maximum Gasteiger partial charge on any atom is 0.338 e. The van der Waals surface area contributed by atoms with Crippen molar-refractivity contribution in [2.75, 3.05) is 6.61 Å². The smallest absolute Gasteiger partial charge is 0.338 e. The lowest BCUT2D eigenvalue weighted by Gasteiger charge is -2.07.